The summed E-state index contributed by atoms with van der Waals surface area (Å²) in [5.41, 5.74) is 2.49. The Balaban J connectivity index is 1.71. The number of aromatic nitrogens is 2. The van der Waals surface area contributed by atoms with Gasteiger partial charge in [-0.1, -0.05) is 11.6 Å². The molecule has 1 N–H and O–H groups in total. The molecule has 1 amide bonds. The molecule has 0 unspecified atom stereocenters. The maximum absolute atomic E-state index is 12.3. The van der Waals surface area contributed by atoms with Crippen LogP contribution in [0.4, 0.5) is 5.69 Å². The quantitative estimate of drug-likeness (QED) is 0.721. The van der Waals surface area contributed by atoms with Crippen molar-refractivity contribution in [3.63, 3.8) is 0 Å². The standard InChI is InChI=1S/C18H16ClN3O2S/c1-11-16(25-18(21-11)12-5-7-20-8-6-12)10-17(23)22-13-3-4-15(24-2)14(19)9-13/h3-9H,10H2,1-2H3,(H,22,23). The lowest BCUT2D eigenvalue weighted by molar-refractivity contribution is -0.115. The van der Waals surface area contributed by atoms with Gasteiger partial charge < -0.3 is 10.1 Å². The van der Waals surface area contributed by atoms with Gasteiger partial charge in [0.25, 0.3) is 0 Å². The van der Waals surface area contributed by atoms with E-state index in [0.29, 0.717) is 16.5 Å². The van der Waals surface area contributed by atoms with Crippen molar-refractivity contribution in [2.24, 2.45) is 0 Å². The van der Waals surface area contributed by atoms with Crippen LogP contribution in [0.2, 0.25) is 5.02 Å². The van der Waals surface area contributed by atoms with Crippen molar-refractivity contribution in [1.82, 2.24) is 9.97 Å². The van der Waals surface area contributed by atoms with Crippen molar-refractivity contribution >= 4 is 34.5 Å². The molecule has 7 heteroatoms. The van der Waals surface area contributed by atoms with Gasteiger partial charge in [-0.05, 0) is 37.3 Å². The molecule has 2 aromatic heterocycles. The molecule has 0 atom stereocenters. The third-order valence-corrected chi connectivity index (χ3v) is 5.08. The molecule has 0 radical (unpaired) electrons. The molecule has 3 aromatic rings. The number of anilines is 1. The average Bonchev–Trinajstić information content (AvgIpc) is 2.96. The Labute approximate surface area is 154 Å². The van der Waals surface area contributed by atoms with Crippen LogP contribution in [0, 0.1) is 6.92 Å². The van der Waals surface area contributed by atoms with Gasteiger partial charge in [0.15, 0.2) is 0 Å². The van der Waals surface area contributed by atoms with E-state index in [-0.39, 0.29) is 12.3 Å². The van der Waals surface area contributed by atoms with Crippen molar-refractivity contribution < 1.29 is 9.53 Å². The Bertz CT molecular complexity index is 897. The predicted molar refractivity (Wildman–Crippen MR) is 100 cm³/mol. The summed E-state index contributed by atoms with van der Waals surface area (Å²) in [6.45, 7) is 1.91. The van der Waals surface area contributed by atoms with Crippen molar-refractivity contribution in [3.05, 3.63) is 58.3 Å². The summed E-state index contributed by atoms with van der Waals surface area (Å²) in [6.07, 6.45) is 3.72. The van der Waals surface area contributed by atoms with Gasteiger partial charge in [0.2, 0.25) is 5.91 Å². The number of halogens is 1. The lowest BCUT2D eigenvalue weighted by Crippen LogP contribution is -2.14. The van der Waals surface area contributed by atoms with E-state index in [2.05, 4.69) is 15.3 Å². The van der Waals surface area contributed by atoms with Crippen LogP contribution >= 0.6 is 22.9 Å². The summed E-state index contributed by atoms with van der Waals surface area (Å²) in [7, 11) is 1.55. The van der Waals surface area contributed by atoms with E-state index >= 15 is 0 Å². The number of amides is 1. The van der Waals surface area contributed by atoms with Crippen LogP contribution in [0.15, 0.2) is 42.7 Å². The van der Waals surface area contributed by atoms with Crippen LogP contribution in [0.1, 0.15) is 10.6 Å². The van der Waals surface area contributed by atoms with Crippen LogP contribution in [-0.2, 0) is 11.2 Å². The van der Waals surface area contributed by atoms with Gasteiger partial charge >= 0.3 is 0 Å². The number of aryl methyl sites for hydroxylation is 1. The number of benzene rings is 1. The number of carbonyl (C=O) groups excluding carboxylic acids is 1. The first kappa shape index (κ1) is 17.4. The normalized spacial score (nSPS) is 10.5. The first-order chi connectivity index (χ1) is 12.1. The van der Waals surface area contributed by atoms with Crippen LogP contribution in [-0.4, -0.2) is 23.0 Å². The van der Waals surface area contributed by atoms with E-state index < -0.39 is 0 Å². The second-order valence-electron chi connectivity index (χ2n) is 5.34. The summed E-state index contributed by atoms with van der Waals surface area (Å²) < 4.78 is 5.11. The summed E-state index contributed by atoms with van der Waals surface area (Å²) in [6, 6.07) is 8.95. The fraction of sp³-hybridized carbons (Fsp3) is 0.167. The van der Waals surface area contributed by atoms with E-state index in [0.717, 1.165) is 21.1 Å². The number of carbonyl (C=O) groups is 1. The molecule has 0 spiro atoms. The SMILES string of the molecule is COc1ccc(NC(=O)Cc2sc(-c3ccncc3)nc2C)cc1Cl. The van der Waals surface area contributed by atoms with E-state index in [4.69, 9.17) is 16.3 Å². The lowest BCUT2D eigenvalue weighted by Gasteiger charge is -2.07. The van der Waals surface area contributed by atoms with Gasteiger partial charge in [0.05, 0.1) is 24.2 Å². The monoisotopic (exact) mass is 373 g/mol. The van der Waals surface area contributed by atoms with Crippen LogP contribution in [0.3, 0.4) is 0 Å². The highest BCUT2D eigenvalue weighted by atomic mass is 35.5. The average molecular weight is 374 g/mol. The molecule has 5 nitrogen and oxygen atoms in total. The number of nitrogens with one attached hydrogen (secondary N) is 1. The number of hydrogen-bond donors (Lipinski definition) is 1. The molecule has 0 bridgehead atoms. The molecule has 0 fully saturated rings. The van der Waals surface area contributed by atoms with Gasteiger partial charge in [0, 0.05) is 28.5 Å². The first-order valence-corrected chi connectivity index (χ1v) is 8.76. The van der Waals surface area contributed by atoms with E-state index in [9.17, 15) is 4.79 Å². The number of rotatable bonds is 5. The maximum Gasteiger partial charge on any atom is 0.229 e. The van der Waals surface area contributed by atoms with E-state index in [1.165, 1.54) is 11.3 Å². The molecule has 25 heavy (non-hydrogen) atoms. The molecule has 1 aromatic carbocycles. The first-order valence-electron chi connectivity index (χ1n) is 7.57. The molecule has 0 aliphatic heterocycles. The van der Waals surface area contributed by atoms with Crippen molar-refractivity contribution in [3.8, 4) is 16.3 Å². The summed E-state index contributed by atoms with van der Waals surface area (Å²) in [5, 5.41) is 4.19. The van der Waals surface area contributed by atoms with Gasteiger partial charge in [-0.2, -0.15) is 0 Å². The molecule has 0 saturated carbocycles. The van der Waals surface area contributed by atoms with Gasteiger partial charge in [-0.25, -0.2) is 4.98 Å². The van der Waals surface area contributed by atoms with Crippen molar-refractivity contribution in [2.75, 3.05) is 12.4 Å². The number of pyridine rings is 1. The Kier molecular flexibility index (Phi) is 5.31. The Morgan fingerprint density at radius 1 is 1.28 bits per heavy atom. The molecular formula is C18H16ClN3O2S. The predicted octanol–water partition coefficient (Wildman–Crippen LogP) is 4.36. The number of ether oxygens (including phenoxy) is 1. The number of hydrogen-bond acceptors (Lipinski definition) is 5. The second-order valence-corrected chi connectivity index (χ2v) is 6.83. The van der Waals surface area contributed by atoms with Crippen LogP contribution < -0.4 is 10.1 Å². The topological polar surface area (TPSA) is 64.1 Å². The lowest BCUT2D eigenvalue weighted by atomic mass is 10.2. The third-order valence-electron chi connectivity index (χ3n) is 3.58. The summed E-state index contributed by atoms with van der Waals surface area (Å²) >= 11 is 7.60. The van der Waals surface area contributed by atoms with Crippen LogP contribution in [0.5, 0.6) is 5.75 Å². The molecule has 0 aliphatic carbocycles. The summed E-state index contributed by atoms with van der Waals surface area (Å²) in [4.78, 5) is 21.8. The molecule has 0 aliphatic rings. The molecular weight excluding hydrogens is 358 g/mol. The molecule has 3 rings (SSSR count). The largest absolute Gasteiger partial charge is 0.495 e. The fourth-order valence-corrected chi connectivity index (χ4v) is 3.63. The number of nitrogens with zero attached hydrogens (tertiary/aromatic N) is 2. The minimum atomic E-state index is -0.116. The van der Waals surface area contributed by atoms with Crippen molar-refractivity contribution in [2.45, 2.75) is 13.3 Å². The second kappa shape index (κ2) is 7.63. The minimum absolute atomic E-state index is 0.116. The zero-order valence-electron chi connectivity index (χ0n) is 13.7. The van der Waals surface area contributed by atoms with E-state index in [1.807, 2.05) is 19.1 Å². The van der Waals surface area contributed by atoms with Gasteiger partial charge in [0.1, 0.15) is 10.8 Å². The summed E-state index contributed by atoms with van der Waals surface area (Å²) in [5.74, 6) is 0.453. The highest BCUT2D eigenvalue weighted by Gasteiger charge is 2.13. The number of methoxy groups -OCH3 is 1. The Hall–Kier alpha value is -2.44. The Morgan fingerprint density at radius 3 is 2.72 bits per heavy atom. The van der Waals surface area contributed by atoms with Gasteiger partial charge in [-0.3, -0.25) is 9.78 Å². The van der Waals surface area contributed by atoms with Gasteiger partial charge in [-0.15, -0.1) is 11.3 Å². The van der Waals surface area contributed by atoms with Crippen LogP contribution in [0.25, 0.3) is 10.6 Å². The van der Waals surface area contributed by atoms with Crippen molar-refractivity contribution in [1.29, 1.82) is 0 Å². The molecule has 128 valence electrons. The fourth-order valence-electron chi connectivity index (χ4n) is 2.31. The highest BCUT2D eigenvalue weighted by molar-refractivity contribution is 7.15. The zero-order chi connectivity index (χ0) is 17.8. The Morgan fingerprint density at radius 2 is 2.04 bits per heavy atom. The highest BCUT2D eigenvalue weighted by Crippen LogP contribution is 2.29. The zero-order valence-corrected chi connectivity index (χ0v) is 15.3. The van der Waals surface area contributed by atoms with E-state index in [1.54, 1.807) is 37.7 Å². The smallest absolute Gasteiger partial charge is 0.229 e. The third kappa shape index (κ3) is 4.15. The molecule has 0 saturated heterocycles. The molecule has 2 heterocycles. The maximum atomic E-state index is 12.3. The number of thiazole rings is 1. The minimum Gasteiger partial charge on any atom is -0.495 e.